The molecule has 0 bridgehead atoms. The maximum Gasteiger partial charge on any atom is 0.127 e. The molecule has 1 unspecified atom stereocenters. The number of benzene rings is 2. The molecule has 2 aromatic carbocycles. The highest BCUT2D eigenvalue weighted by atomic mass is 16.5. The Morgan fingerprint density at radius 1 is 0.739 bits per heavy atom. The van der Waals surface area contributed by atoms with Crippen LogP contribution < -0.4 is 4.74 Å². The maximum absolute atomic E-state index is 5.85. The molecule has 1 heteroatoms. The van der Waals surface area contributed by atoms with E-state index >= 15 is 0 Å². The Morgan fingerprint density at radius 3 is 2.04 bits per heavy atom. The van der Waals surface area contributed by atoms with Crippen LogP contribution in [0.3, 0.4) is 0 Å². The van der Waals surface area contributed by atoms with Gasteiger partial charge >= 0.3 is 0 Å². The molecule has 124 valence electrons. The highest BCUT2D eigenvalue weighted by molar-refractivity contribution is 5.33. The number of para-hydroxylation sites is 1. The van der Waals surface area contributed by atoms with Crippen molar-refractivity contribution < 1.29 is 4.74 Å². The van der Waals surface area contributed by atoms with Gasteiger partial charge in [-0.05, 0) is 42.2 Å². The predicted molar refractivity (Wildman–Crippen MR) is 99.4 cm³/mol. The molecule has 0 amide bonds. The Hall–Kier alpha value is -1.76. The molecule has 0 heterocycles. The van der Waals surface area contributed by atoms with Gasteiger partial charge in [-0.2, -0.15) is 0 Å². The fourth-order valence-electron chi connectivity index (χ4n) is 2.89. The average molecular weight is 310 g/mol. The molecule has 2 aromatic rings. The normalized spacial score (nSPS) is 12.1. The number of unbranched alkanes of at least 4 members (excludes halogenated alkanes) is 5. The number of hydrogen-bond acceptors (Lipinski definition) is 1. The molecule has 0 fully saturated rings. The number of ether oxygens (including phenoxy) is 1. The lowest BCUT2D eigenvalue weighted by atomic mass is 9.94. The Kier molecular flexibility index (Phi) is 7.72. The molecular formula is C22H30O. The second-order valence-corrected chi connectivity index (χ2v) is 6.44. The van der Waals surface area contributed by atoms with Gasteiger partial charge in [0.1, 0.15) is 11.5 Å². The quantitative estimate of drug-likeness (QED) is 0.417. The lowest BCUT2D eigenvalue weighted by molar-refractivity contribution is 0.482. The van der Waals surface area contributed by atoms with E-state index in [2.05, 4.69) is 38.1 Å². The van der Waals surface area contributed by atoms with Gasteiger partial charge in [0.15, 0.2) is 0 Å². The van der Waals surface area contributed by atoms with Gasteiger partial charge in [-0.25, -0.2) is 0 Å². The number of rotatable bonds is 10. The standard InChI is InChI=1S/C22H30O/c1-3-4-5-6-7-9-12-19(2)20-15-17-22(18-16-20)23-21-13-10-8-11-14-21/h8,10-11,13-19H,3-7,9,12H2,1-2H3. The van der Waals surface area contributed by atoms with Crippen molar-refractivity contribution in [1.29, 1.82) is 0 Å². The lowest BCUT2D eigenvalue weighted by Gasteiger charge is -2.13. The van der Waals surface area contributed by atoms with Gasteiger partial charge in [-0.1, -0.05) is 82.7 Å². The van der Waals surface area contributed by atoms with E-state index in [9.17, 15) is 0 Å². The second-order valence-electron chi connectivity index (χ2n) is 6.44. The summed E-state index contributed by atoms with van der Waals surface area (Å²) >= 11 is 0. The van der Waals surface area contributed by atoms with Gasteiger partial charge in [0.25, 0.3) is 0 Å². The van der Waals surface area contributed by atoms with Crippen LogP contribution in [0.5, 0.6) is 11.5 Å². The molecule has 23 heavy (non-hydrogen) atoms. The van der Waals surface area contributed by atoms with Crippen molar-refractivity contribution in [2.75, 3.05) is 0 Å². The minimum Gasteiger partial charge on any atom is -0.457 e. The fraction of sp³-hybridized carbons (Fsp3) is 0.455. The van der Waals surface area contributed by atoms with Gasteiger partial charge in [0, 0.05) is 0 Å². The molecule has 0 aliphatic carbocycles. The first kappa shape index (κ1) is 17.6. The van der Waals surface area contributed by atoms with E-state index in [1.54, 1.807) is 0 Å². The van der Waals surface area contributed by atoms with Crippen LogP contribution in [0, 0.1) is 0 Å². The van der Waals surface area contributed by atoms with Crippen LogP contribution in [0.15, 0.2) is 54.6 Å². The Balaban J connectivity index is 1.75. The topological polar surface area (TPSA) is 9.23 Å². The van der Waals surface area contributed by atoms with Crippen LogP contribution >= 0.6 is 0 Å². The summed E-state index contributed by atoms with van der Waals surface area (Å²) in [4.78, 5) is 0. The van der Waals surface area contributed by atoms with Crippen LogP contribution in [0.1, 0.15) is 70.3 Å². The van der Waals surface area contributed by atoms with Gasteiger partial charge in [-0.15, -0.1) is 0 Å². The highest BCUT2D eigenvalue weighted by Gasteiger charge is 2.06. The second kappa shape index (κ2) is 10.1. The van der Waals surface area contributed by atoms with Crippen molar-refractivity contribution in [1.82, 2.24) is 0 Å². The van der Waals surface area contributed by atoms with Crippen molar-refractivity contribution >= 4 is 0 Å². The summed E-state index contributed by atoms with van der Waals surface area (Å²) in [6.07, 6.45) is 9.50. The van der Waals surface area contributed by atoms with Crippen LogP contribution in [0.4, 0.5) is 0 Å². The molecule has 0 aliphatic rings. The Labute approximate surface area is 141 Å². The van der Waals surface area contributed by atoms with Gasteiger partial charge < -0.3 is 4.74 Å². The summed E-state index contributed by atoms with van der Waals surface area (Å²) in [5.74, 6) is 2.43. The van der Waals surface area contributed by atoms with Gasteiger partial charge in [0.05, 0.1) is 0 Å². The van der Waals surface area contributed by atoms with Crippen molar-refractivity contribution in [3.63, 3.8) is 0 Å². The monoisotopic (exact) mass is 310 g/mol. The van der Waals surface area contributed by atoms with E-state index in [0.29, 0.717) is 5.92 Å². The SMILES string of the molecule is CCCCCCCCC(C)c1ccc(Oc2ccccc2)cc1. The molecule has 0 N–H and O–H groups in total. The van der Waals surface area contributed by atoms with Gasteiger partial charge in [0.2, 0.25) is 0 Å². The first-order valence-electron chi connectivity index (χ1n) is 9.12. The molecule has 0 aromatic heterocycles. The minimum absolute atomic E-state index is 0.631. The molecule has 1 nitrogen and oxygen atoms in total. The van der Waals surface area contributed by atoms with E-state index in [4.69, 9.17) is 4.74 Å². The third-order valence-electron chi connectivity index (χ3n) is 4.42. The Bertz CT molecular complexity index is 530. The van der Waals surface area contributed by atoms with Gasteiger partial charge in [-0.3, -0.25) is 0 Å². The van der Waals surface area contributed by atoms with Crippen LogP contribution in [-0.4, -0.2) is 0 Å². The largest absolute Gasteiger partial charge is 0.457 e. The molecule has 0 aliphatic heterocycles. The first-order chi connectivity index (χ1) is 11.3. The average Bonchev–Trinajstić information content (AvgIpc) is 2.59. The fourth-order valence-corrected chi connectivity index (χ4v) is 2.89. The summed E-state index contributed by atoms with van der Waals surface area (Å²) in [7, 11) is 0. The summed E-state index contributed by atoms with van der Waals surface area (Å²) in [6.45, 7) is 4.60. The molecular weight excluding hydrogens is 280 g/mol. The summed E-state index contributed by atoms with van der Waals surface area (Å²) < 4.78 is 5.85. The third kappa shape index (κ3) is 6.48. The first-order valence-corrected chi connectivity index (χ1v) is 9.12. The number of hydrogen-bond donors (Lipinski definition) is 0. The van der Waals surface area contributed by atoms with E-state index < -0.39 is 0 Å². The molecule has 0 saturated heterocycles. The zero-order valence-corrected chi connectivity index (χ0v) is 14.6. The summed E-state index contributed by atoms with van der Waals surface area (Å²) in [5, 5.41) is 0. The van der Waals surface area contributed by atoms with E-state index in [1.807, 2.05) is 30.3 Å². The van der Waals surface area contributed by atoms with Crippen molar-refractivity contribution in [2.45, 2.75) is 64.7 Å². The van der Waals surface area contributed by atoms with Crippen LogP contribution in [0.25, 0.3) is 0 Å². The van der Waals surface area contributed by atoms with E-state index in [1.165, 1.54) is 50.5 Å². The predicted octanol–water partition coefficient (Wildman–Crippen LogP) is 7.33. The molecule has 1 atom stereocenters. The van der Waals surface area contributed by atoms with Crippen molar-refractivity contribution in [3.05, 3.63) is 60.2 Å². The van der Waals surface area contributed by atoms with Crippen LogP contribution in [-0.2, 0) is 0 Å². The lowest BCUT2D eigenvalue weighted by Crippen LogP contribution is -1.94. The van der Waals surface area contributed by atoms with E-state index in [0.717, 1.165) is 11.5 Å². The molecule has 0 radical (unpaired) electrons. The highest BCUT2D eigenvalue weighted by Crippen LogP contribution is 2.26. The minimum atomic E-state index is 0.631. The molecule has 0 saturated carbocycles. The zero-order valence-electron chi connectivity index (χ0n) is 14.6. The third-order valence-corrected chi connectivity index (χ3v) is 4.42. The van der Waals surface area contributed by atoms with E-state index in [-0.39, 0.29) is 0 Å². The summed E-state index contributed by atoms with van der Waals surface area (Å²) in [5.41, 5.74) is 1.42. The Morgan fingerprint density at radius 2 is 1.35 bits per heavy atom. The molecule has 0 spiro atoms. The zero-order chi connectivity index (χ0) is 16.3. The molecule has 2 rings (SSSR count). The van der Waals surface area contributed by atoms with Crippen molar-refractivity contribution in [2.24, 2.45) is 0 Å². The smallest absolute Gasteiger partial charge is 0.127 e. The summed E-state index contributed by atoms with van der Waals surface area (Å²) in [6, 6.07) is 18.5. The maximum atomic E-state index is 5.85. The van der Waals surface area contributed by atoms with Crippen LogP contribution in [0.2, 0.25) is 0 Å². The van der Waals surface area contributed by atoms with Crippen molar-refractivity contribution in [3.8, 4) is 11.5 Å².